The van der Waals surface area contributed by atoms with E-state index in [2.05, 4.69) is 0 Å². The number of benzene rings is 1. The number of nitro groups is 1. The third-order valence-corrected chi connectivity index (χ3v) is 2.51. The Morgan fingerprint density at radius 2 is 2.07 bits per heavy atom. The second-order valence-corrected chi connectivity index (χ2v) is 3.93. The highest BCUT2D eigenvalue weighted by Gasteiger charge is 2.03. The molecule has 82 valence electrons. The van der Waals surface area contributed by atoms with Gasteiger partial charge in [-0.05, 0) is 30.6 Å². The SMILES string of the molecule is CSCCCOc1ccc([N+](=O)[O-])cc1. The van der Waals surface area contributed by atoms with Gasteiger partial charge in [0.1, 0.15) is 5.75 Å². The Balaban J connectivity index is 2.39. The molecule has 0 bridgehead atoms. The van der Waals surface area contributed by atoms with Gasteiger partial charge in [-0.2, -0.15) is 11.8 Å². The fourth-order valence-corrected chi connectivity index (χ4v) is 1.46. The molecule has 0 unspecified atom stereocenters. The average molecular weight is 227 g/mol. The van der Waals surface area contributed by atoms with E-state index in [0.29, 0.717) is 12.4 Å². The molecule has 0 aromatic heterocycles. The van der Waals surface area contributed by atoms with Crippen molar-refractivity contribution in [3.8, 4) is 5.75 Å². The van der Waals surface area contributed by atoms with Gasteiger partial charge in [0, 0.05) is 12.1 Å². The summed E-state index contributed by atoms with van der Waals surface area (Å²) in [4.78, 5) is 9.95. The lowest BCUT2D eigenvalue weighted by atomic mass is 10.3. The van der Waals surface area contributed by atoms with Crippen molar-refractivity contribution in [3.63, 3.8) is 0 Å². The summed E-state index contributed by atoms with van der Waals surface area (Å²) >= 11 is 1.77. The van der Waals surface area contributed by atoms with Gasteiger partial charge >= 0.3 is 0 Å². The zero-order valence-corrected chi connectivity index (χ0v) is 9.33. The number of nitro benzene ring substituents is 1. The van der Waals surface area contributed by atoms with Gasteiger partial charge in [0.25, 0.3) is 5.69 Å². The van der Waals surface area contributed by atoms with Crippen LogP contribution >= 0.6 is 11.8 Å². The summed E-state index contributed by atoms with van der Waals surface area (Å²) < 4.78 is 5.41. The summed E-state index contributed by atoms with van der Waals surface area (Å²) in [7, 11) is 0. The van der Waals surface area contributed by atoms with Crippen LogP contribution in [0.25, 0.3) is 0 Å². The number of hydrogen-bond donors (Lipinski definition) is 0. The first-order valence-corrected chi connectivity index (χ1v) is 5.99. The highest BCUT2D eigenvalue weighted by atomic mass is 32.2. The van der Waals surface area contributed by atoms with Gasteiger partial charge in [-0.25, -0.2) is 0 Å². The smallest absolute Gasteiger partial charge is 0.269 e. The lowest BCUT2D eigenvalue weighted by molar-refractivity contribution is -0.384. The van der Waals surface area contributed by atoms with E-state index in [1.54, 1.807) is 23.9 Å². The van der Waals surface area contributed by atoms with E-state index in [-0.39, 0.29) is 5.69 Å². The molecule has 1 aromatic carbocycles. The maximum atomic E-state index is 10.4. The fraction of sp³-hybridized carbons (Fsp3) is 0.400. The van der Waals surface area contributed by atoms with Crippen LogP contribution in [0.3, 0.4) is 0 Å². The van der Waals surface area contributed by atoms with Crippen molar-refractivity contribution in [1.82, 2.24) is 0 Å². The molecule has 0 aliphatic rings. The standard InChI is InChI=1S/C10H13NO3S/c1-15-8-2-7-14-10-5-3-9(4-6-10)11(12)13/h3-6H,2,7-8H2,1H3. The lowest BCUT2D eigenvalue weighted by Crippen LogP contribution is -1.98. The van der Waals surface area contributed by atoms with Crippen LogP contribution in [0, 0.1) is 10.1 Å². The highest BCUT2D eigenvalue weighted by Crippen LogP contribution is 2.17. The Morgan fingerprint density at radius 1 is 1.40 bits per heavy atom. The van der Waals surface area contributed by atoms with Crippen LogP contribution in [-0.4, -0.2) is 23.5 Å². The van der Waals surface area contributed by atoms with E-state index < -0.39 is 4.92 Å². The first-order valence-electron chi connectivity index (χ1n) is 4.60. The summed E-state index contributed by atoms with van der Waals surface area (Å²) in [5.74, 6) is 1.74. The van der Waals surface area contributed by atoms with Crippen LogP contribution in [-0.2, 0) is 0 Å². The van der Waals surface area contributed by atoms with Crippen molar-refractivity contribution in [2.24, 2.45) is 0 Å². The van der Waals surface area contributed by atoms with Gasteiger partial charge in [0.05, 0.1) is 11.5 Å². The summed E-state index contributed by atoms with van der Waals surface area (Å²) in [5.41, 5.74) is 0.0893. The molecular formula is C10H13NO3S. The van der Waals surface area contributed by atoms with Gasteiger partial charge in [-0.15, -0.1) is 0 Å². The highest BCUT2D eigenvalue weighted by molar-refractivity contribution is 7.98. The van der Waals surface area contributed by atoms with Gasteiger partial charge < -0.3 is 4.74 Å². The molecule has 0 aliphatic carbocycles. The largest absolute Gasteiger partial charge is 0.494 e. The molecule has 0 saturated carbocycles. The van der Waals surface area contributed by atoms with Crippen LogP contribution in [0.5, 0.6) is 5.75 Å². The number of rotatable bonds is 6. The van der Waals surface area contributed by atoms with Gasteiger partial charge in [0.2, 0.25) is 0 Å². The summed E-state index contributed by atoms with van der Waals surface area (Å²) in [5, 5.41) is 10.4. The number of non-ortho nitro benzene ring substituents is 1. The maximum absolute atomic E-state index is 10.4. The Bertz CT molecular complexity index is 313. The Labute approximate surface area is 92.8 Å². The minimum Gasteiger partial charge on any atom is -0.494 e. The molecule has 0 fully saturated rings. The molecule has 0 N–H and O–H groups in total. The Hall–Kier alpha value is -1.23. The van der Waals surface area contributed by atoms with Crippen LogP contribution in [0.1, 0.15) is 6.42 Å². The zero-order valence-electron chi connectivity index (χ0n) is 8.51. The monoisotopic (exact) mass is 227 g/mol. The van der Waals surface area contributed by atoms with Crippen molar-refractivity contribution >= 4 is 17.4 Å². The Kier molecular flexibility index (Phi) is 4.97. The fourth-order valence-electron chi connectivity index (χ4n) is 1.06. The van der Waals surface area contributed by atoms with E-state index in [1.807, 2.05) is 6.26 Å². The lowest BCUT2D eigenvalue weighted by Gasteiger charge is -2.04. The van der Waals surface area contributed by atoms with Crippen molar-refractivity contribution in [2.45, 2.75) is 6.42 Å². The molecule has 0 atom stereocenters. The van der Waals surface area contributed by atoms with Crippen LogP contribution in [0.4, 0.5) is 5.69 Å². The van der Waals surface area contributed by atoms with Crippen molar-refractivity contribution in [1.29, 1.82) is 0 Å². The minimum absolute atomic E-state index is 0.0893. The molecule has 0 amide bonds. The van der Waals surface area contributed by atoms with Crippen LogP contribution in [0.15, 0.2) is 24.3 Å². The third-order valence-electron chi connectivity index (χ3n) is 1.81. The predicted octanol–water partition coefficient (Wildman–Crippen LogP) is 2.73. The molecule has 0 aliphatic heterocycles. The molecule has 0 radical (unpaired) electrons. The van der Waals surface area contributed by atoms with Crippen molar-refractivity contribution in [2.75, 3.05) is 18.6 Å². The molecule has 0 heterocycles. The molecule has 5 heteroatoms. The van der Waals surface area contributed by atoms with Gasteiger partial charge in [0.15, 0.2) is 0 Å². The van der Waals surface area contributed by atoms with E-state index in [1.165, 1.54) is 12.1 Å². The number of nitrogens with zero attached hydrogens (tertiary/aromatic N) is 1. The van der Waals surface area contributed by atoms with E-state index >= 15 is 0 Å². The number of hydrogen-bond acceptors (Lipinski definition) is 4. The predicted molar refractivity (Wildman–Crippen MR) is 61.6 cm³/mol. The van der Waals surface area contributed by atoms with Crippen molar-refractivity contribution < 1.29 is 9.66 Å². The first-order chi connectivity index (χ1) is 7.24. The molecule has 4 nitrogen and oxygen atoms in total. The molecular weight excluding hydrogens is 214 g/mol. The second kappa shape index (κ2) is 6.29. The second-order valence-electron chi connectivity index (χ2n) is 2.95. The number of thioether (sulfide) groups is 1. The third kappa shape index (κ3) is 4.20. The molecule has 15 heavy (non-hydrogen) atoms. The maximum Gasteiger partial charge on any atom is 0.269 e. The van der Waals surface area contributed by atoms with E-state index in [4.69, 9.17) is 4.74 Å². The topological polar surface area (TPSA) is 52.4 Å². The molecule has 1 rings (SSSR count). The van der Waals surface area contributed by atoms with Gasteiger partial charge in [-0.3, -0.25) is 10.1 Å². The minimum atomic E-state index is -0.419. The quantitative estimate of drug-likeness (QED) is 0.426. The Morgan fingerprint density at radius 3 is 2.60 bits per heavy atom. The molecule has 0 spiro atoms. The normalized spacial score (nSPS) is 9.93. The first kappa shape index (κ1) is 11.8. The average Bonchev–Trinajstić information content (AvgIpc) is 2.25. The summed E-state index contributed by atoms with van der Waals surface area (Å²) in [6.45, 7) is 0.651. The van der Waals surface area contributed by atoms with E-state index in [9.17, 15) is 10.1 Å². The van der Waals surface area contributed by atoms with Crippen LogP contribution in [0.2, 0.25) is 0 Å². The van der Waals surface area contributed by atoms with Gasteiger partial charge in [-0.1, -0.05) is 0 Å². The summed E-state index contributed by atoms with van der Waals surface area (Å²) in [6.07, 6.45) is 3.03. The molecule has 0 saturated heterocycles. The van der Waals surface area contributed by atoms with E-state index in [0.717, 1.165) is 12.2 Å². The summed E-state index contributed by atoms with van der Waals surface area (Å²) in [6, 6.07) is 6.14. The van der Waals surface area contributed by atoms with Crippen LogP contribution < -0.4 is 4.74 Å². The number of ether oxygens (including phenoxy) is 1. The van der Waals surface area contributed by atoms with Crippen molar-refractivity contribution in [3.05, 3.63) is 34.4 Å². The zero-order chi connectivity index (χ0) is 11.1. The molecule has 1 aromatic rings.